The molecule has 1 amide bonds. The van der Waals surface area contributed by atoms with Gasteiger partial charge in [0.15, 0.2) is 6.10 Å². The van der Waals surface area contributed by atoms with Crippen LogP contribution in [0, 0.1) is 0 Å². The zero-order valence-electron chi connectivity index (χ0n) is 12.1. The van der Waals surface area contributed by atoms with Crippen LogP contribution in [0.25, 0.3) is 0 Å². The van der Waals surface area contributed by atoms with Gasteiger partial charge in [0.2, 0.25) is 0 Å². The summed E-state index contributed by atoms with van der Waals surface area (Å²) in [5.41, 5.74) is 1.99. The maximum atomic E-state index is 12.2. The van der Waals surface area contributed by atoms with E-state index in [1.54, 1.807) is 4.90 Å². The highest BCUT2D eigenvalue weighted by Gasteiger charge is 2.48. The standard InChI is InChI=1S/C18H17NO3/c20-12-16-17(22-13-15-9-5-2-6-10-15)18(21)19(16)11-14-7-3-1-4-8-14/h1-10,12,16-17H,11,13H2/t16-,17-/m1/s1. The average molecular weight is 295 g/mol. The predicted molar refractivity (Wildman–Crippen MR) is 81.9 cm³/mol. The molecule has 2 atom stereocenters. The fraction of sp³-hybridized carbons (Fsp3) is 0.222. The summed E-state index contributed by atoms with van der Waals surface area (Å²) in [4.78, 5) is 25.0. The molecule has 1 saturated heterocycles. The second-order valence-electron chi connectivity index (χ2n) is 5.30. The molecule has 4 heteroatoms. The highest BCUT2D eigenvalue weighted by Crippen LogP contribution is 2.25. The Kier molecular flexibility index (Phi) is 4.30. The topological polar surface area (TPSA) is 46.6 Å². The number of β-lactam (4-membered cyclic amide) rings is 1. The van der Waals surface area contributed by atoms with E-state index in [2.05, 4.69) is 0 Å². The van der Waals surface area contributed by atoms with Gasteiger partial charge in [-0.1, -0.05) is 60.7 Å². The van der Waals surface area contributed by atoms with E-state index in [4.69, 9.17) is 4.74 Å². The Labute approximate surface area is 129 Å². The number of hydrogen-bond acceptors (Lipinski definition) is 3. The second-order valence-corrected chi connectivity index (χ2v) is 5.30. The lowest BCUT2D eigenvalue weighted by atomic mass is 9.98. The molecule has 2 aromatic rings. The maximum absolute atomic E-state index is 12.2. The predicted octanol–water partition coefficient (Wildman–Crippen LogP) is 2.18. The molecule has 1 aliphatic heterocycles. The monoisotopic (exact) mass is 295 g/mol. The van der Waals surface area contributed by atoms with E-state index in [0.29, 0.717) is 13.2 Å². The smallest absolute Gasteiger partial charge is 0.255 e. The number of carbonyl (C=O) groups is 2. The van der Waals surface area contributed by atoms with Crippen molar-refractivity contribution in [2.75, 3.05) is 0 Å². The summed E-state index contributed by atoms with van der Waals surface area (Å²) in [6.45, 7) is 0.773. The van der Waals surface area contributed by atoms with Crippen molar-refractivity contribution < 1.29 is 14.3 Å². The molecule has 1 heterocycles. The number of benzene rings is 2. The minimum absolute atomic E-state index is 0.128. The number of ether oxygens (including phenoxy) is 1. The molecule has 1 aliphatic rings. The Hall–Kier alpha value is -2.46. The van der Waals surface area contributed by atoms with Crippen molar-refractivity contribution in [3.63, 3.8) is 0 Å². The number of nitrogens with zero attached hydrogens (tertiary/aromatic N) is 1. The van der Waals surface area contributed by atoms with Gasteiger partial charge >= 0.3 is 0 Å². The van der Waals surface area contributed by atoms with E-state index in [9.17, 15) is 9.59 Å². The number of carbonyl (C=O) groups excluding carboxylic acids is 2. The number of rotatable bonds is 6. The van der Waals surface area contributed by atoms with Crippen LogP contribution in [-0.2, 0) is 27.5 Å². The molecule has 4 nitrogen and oxygen atoms in total. The van der Waals surface area contributed by atoms with Crippen molar-refractivity contribution in [2.45, 2.75) is 25.3 Å². The van der Waals surface area contributed by atoms with Crippen LogP contribution < -0.4 is 0 Å². The molecule has 3 rings (SSSR count). The van der Waals surface area contributed by atoms with Crippen molar-refractivity contribution >= 4 is 12.2 Å². The van der Waals surface area contributed by atoms with E-state index in [-0.39, 0.29) is 5.91 Å². The normalized spacial score (nSPS) is 20.5. The van der Waals surface area contributed by atoms with Crippen LogP contribution in [0.5, 0.6) is 0 Å². The first kappa shape index (κ1) is 14.5. The van der Waals surface area contributed by atoms with Gasteiger partial charge < -0.3 is 14.4 Å². The van der Waals surface area contributed by atoms with E-state index in [1.807, 2.05) is 60.7 Å². The third kappa shape index (κ3) is 2.92. The van der Waals surface area contributed by atoms with Gasteiger partial charge in [0.05, 0.1) is 6.61 Å². The molecule has 0 bridgehead atoms. The average Bonchev–Trinajstić information content (AvgIpc) is 2.58. The Morgan fingerprint density at radius 3 is 2.14 bits per heavy atom. The van der Waals surface area contributed by atoms with Gasteiger partial charge in [-0.2, -0.15) is 0 Å². The fourth-order valence-corrected chi connectivity index (χ4v) is 2.58. The Balaban J connectivity index is 1.60. The zero-order valence-corrected chi connectivity index (χ0v) is 12.1. The minimum Gasteiger partial charge on any atom is -0.361 e. The zero-order chi connectivity index (χ0) is 15.4. The molecule has 1 fully saturated rings. The van der Waals surface area contributed by atoms with Crippen molar-refractivity contribution in [3.05, 3.63) is 71.8 Å². The first-order valence-corrected chi connectivity index (χ1v) is 7.25. The molecule has 0 saturated carbocycles. The molecular weight excluding hydrogens is 278 g/mol. The van der Waals surface area contributed by atoms with Gasteiger partial charge in [0, 0.05) is 6.54 Å². The quantitative estimate of drug-likeness (QED) is 0.606. The molecule has 22 heavy (non-hydrogen) atoms. The number of hydrogen-bond donors (Lipinski definition) is 0. The molecule has 0 spiro atoms. The highest BCUT2D eigenvalue weighted by atomic mass is 16.5. The van der Waals surface area contributed by atoms with Gasteiger partial charge in [-0.15, -0.1) is 0 Å². The second kappa shape index (κ2) is 6.54. The van der Waals surface area contributed by atoms with Crippen LogP contribution in [0.3, 0.4) is 0 Å². The van der Waals surface area contributed by atoms with E-state index in [0.717, 1.165) is 17.4 Å². The lowest BCUT2D eigenvalue weighted by Crippen LogP contribution is -2.65. The van der Waals surface area contributed by atoms with Crippen LogP contribution in [0.15, 0.2) is 60.7 Å². The third-order valence-electron chi connectivity index (χ3n) is 3.80. The van der Waals surface area contributed by atoms with E-state index in [1.165, 1.54) is 0 Å². The summed E-state index contributed by atoms with van der Waals surface area (Å²) < 4.78 is 5.63. The first-order valence-electron chi connectivity index (χ1n) is 7.25. The van der Waals surface area contributed by atoms with Crippen molar-refractivity contribution in [2.24, 2.45) is 0 Å². The van der Waals surface area contributed by atoms with E-state index < -0.39 is 12.1 Å². The summed E-state index contributed by atoms with van der Waals surface area (Å²) in [6, 6.07) is 18.7. The number of amides is 1. The summed E-state index contributed by atoms with van der Waals surface area (Å²) in [5, 5.41) is 0. The molecule has 0 N–H and O–H groups in total. The lowest BCUT2D eigenvalue weighted by molar-refractivity contribution is -0.177. The molecule has 0 radical (unpaired) electrons. The van der Waals surface area contributed by atoms with Crippen molar-refractivity contribution in [3.8, 4) is 0 Å². The molecule has 0 aliphatic carbocycles. The first-order chi connectivity index (χ1) is 10.8. The Morgan fingerprint density at radius 1 is 0.955 bits per heavy atom. The molecule has 112 valence electrons. The van der Waals surface area contributed by atoms with Crippen molar-refractivity contribution in [1.29, 1.82) is 0 Å². The molecule has 0 unspecified atom stereocenters. The summed E-state index contributed by atoms with van der Waals surface area (Å²) >= 11 is 0. The number of aldehydes is 1. The fourth-order valence-electron chi connectivity index (χ4n) is 2.58. The van der Waals surface area contributed by atoms with Crippen LogP contribution in [0.1, 0.15) is 11.1 Å². The van der Waals surface area contributed by atoms with Crippen LogP contribution in [-0.4, -0.2) is 29.2 Å². The van der Waals surface area contributed by atoms with E-state index >= 15 is 0 Å². The lowest BCUT2D eigenvalue weighted by Gasteiger charge is -2.43. The van der Waals surface area contributed by atoms with Crippen LogP contribution in [0.4, 0.5) is 0 Å². The Morgan fingerprint density at radius 2 is 1.55 bits per heavy atom. The molecular formula is C18H17NO3. The van der Waals surface area contributed by atoms with Gasteiger partial charge in [-0.25, -0.2) is 0 Å². The van der Waals surface area contributed by atoms with Gasteiger partial charge in [-0.05, 0) is 11.1 Å². The summed E-state index contributed by atoms with van der Waals surface area (Å²) in [5.74, 6) is -0.128. The summed E-state index contributed by atoms with van der Waals surface area (Å²) in [7, 11) is 0. The number of likely N-dealkylation sites (tertiary alicyclic amines) is 1. The minimum atomic E-state index is -0.665. The Bertz CT molecular complexity index is 642. The van der Waals surface area contributed by atoms with Gasteiger partial charge in [-0.3, -0.25) is 4.79 Å². The molecule has 2 aromatic carbocycles. The van der Waals surface area contributed by atoms with Crippen LogP contribution in [0.2, 0.25) is 0 Å². The third-order valence-corrected chi connectivity index (χ3v) is 3.80. The van der Waals surface area contributed by atoms with Gasteiger partial charge in [0.1, 0.15) is 12.3 Å². The van der Waals surface area contributed by atoms with Crippen molar-refractivity contribution in [1.82, 2.24) is 4.90 Å². The summed E-state index contributed by atoms with van der Waals surface area (Å²) in [6.07, 6.45) is 0.126. The molecule has 0 aromatic heterocycles. The van der Waals surface area contributed by atoms with Gasteiger partial charge in [0.25, 0.3) is 5.91 Å². The largest absolute Gasteiger partial charge is 0.361 e. The SMILES string of the molecule is O=C[C@@H]1[C@@H](OCc2ccccc2)C(=O)N1Cc1ccccc1. The maximum Gasteiger partial charge on any atom is 0.255 e. The van der Waals surface area contributed by atoms with Crippen LogP contribution >= 0.6 is 0 Å². The highest BCUT2D eigenvalue weighted by molar-refractivity contribution is 5.95.